The highest BCUT2D eigenvalue weighted by molar-refractivity contribution is 6.00. The van der Waals surface area contributed by atoms with E-state index in [9.17, 15) is 9.90 Å². The number of hydrogen-bond donors (Lipinski definition) is 2. The first kappa shape index (κ1) is 14.0. The molecule has 0 saturated heterocycles. The van der Waals surface area contributed by atoms with E-state index in [1.54, 1.807) is 17.0 Å². The Bertz CT molecular complexity index is 541. The molecule has 0 unspecified atom stereocenters. The van der Waals surface area contributed by atoms with Crippen LogP contribution in [0.4, 0.5) is 5.69 Å². The molecule has 1 saturated carbocycles. The van der Waals surface area contributed by atoms with Crippen molar-refractivity contribution in [3.05, 3.63) is 17.7 Å². The zero-order valence-corrected chi connectivity index (χ0v) is 11.9. The lowest BCUT2D eigenvalue weighted by Gasteiger charge is -2.29. The molecule has 1 amide bonds. The first-order valence-electron chi connectivity index (χ1n) is 7.31. The molecular formula is C15H20N2O4. The summed E-state index contributed by atoms with van der Waals surface area (Å²) in [4.78, 5) is 14.5. The summed E-state index contributed by atoms with van der Waals surface area (Å²) in [6.07, 6.45) is 4.21. The third kappa shape index (κ3) is 2.63. The van der Waals surface area contributed by atoms with Crippen LogP contribution in [0.3, 0.4) is 0 Å². The minimum atomic E-state index is -0.147. The number of rotatable bonds is 4. The number of aliphatic hydroxyl groups excluding tert-OH is 1. The van der Waals surface area contributed by atoms with Crippen molar-refractivity contribution >= 4 is 11.6 Å². The SMILES string of the molecule is Nc1cc2c(cc1C(=O)N(CCO)C1CCCC1)OCO2. The average Bonchev–Trinajstić information content (AvgIpc) is 3.13. The minimum absolute atomic E-state index is 0.0489. The summed E-state index contributed by atoms with van der Waals surface area (Å²) in [5.74, 6) is 0.966. The van der Waals surface area contributed by atoms with Crippen LogP contribution in [0.5, 0.6) is 11.5 Å². The second-order valence-corrected chi connectivity index (χ2v) is 5.45. The maximum atomic E-state index is 12.8. The number of carbonyl (C=O) groups excluding carboxylic acids is 1. The zero-order valence-electron chi connectivity index (χ0n) is 11.9. The molecule has 1 aromatic rings. The number of carbonyl (C=O) groups is 1. The van der Waals surface area contributed by atoms with E-state index in [4.69, 9.17) is 15.2 Å². The fourth-order valence-electron chi connectivity index (χ4n) is 3.07. The van der Waals surface area contributed by atoms with Crippen LogP contribution in [0.1, 0.15) is 36.0 Å². The molecule has 0 radical (unpaired) electrons. The standard InChI is InChI=1S/C15H20N2O4/c16-12-8-14-13(20-9-21-14)7-11(12)15(19)17(5-6-18)10-3-1-2-4-10/h7-8,10,18H,1-6,9,16H2. The molecule has 6 heteroatoms. The molecule has 1 heterocycles. The molecule has 0 spiro atoms. The summed E-state index contributed by atoms with van der Waals surface area (Å²) < 4.78 is 10.6. The Balaban J connectivity index is 1.88. The van der Waals surface area contributed by atoms with E-state index in [-0.39, 0.29) is 25.3 Å². The Morgan fingerprint density at radius 1 is 1.29 bits per heavy atom. The van der Waals surface area contributed by atoms with Crippen molar-refractivity contribution in [3.8, 4) is 11.5 Å². The first-order chi connectivity index (χ1) is 10.2. The quantitative estimate of drug-likeness (QED) is 0.819. The second-order valence-electron chi connectivity index (χ2n) is 5.45. The van der Waals surface area contributed by atoms with Gasteiger partial charge in [-0.3, -0.25) is 4.79 Å². The maximum absolute atomic E-state index is 12.8. The fourth-order valence-corrected chi connectivity index (χ4v) is 3.07. The van der Waals surface area contributed by atoms with Gasteiger partial charge in [0, 0.05) is 24.3 Å². The topological polar surface area (TPSA) is 85.0 Å². The van der Waals surface area contributed by atoms with Crippen molar-refractivity contribution in [2.45, 2.75) is 31.7 Å². The number of nitrogens with zero attached hydrogens (tertiary/aromatic N) is 1. The normalized spacial score (nSPS) is 17.2. The molecule has 1 aromatic carbocycles. The second kappa shape index (κ2) is 5.81. The molecule has 3 N–H and O–H groups in total. The van der Waals surface area contributed by atoms with Crippen LogP contribution in [-0.4, -0.2) is 41.9 Å². The van der Waals surface area contributed by atoms with E-state index < -0.39 is 0 Å². The van der Waals surface area contributed by atoms with Gasteiger partial charge in [-0.2, -0.15) is 0 Å². The number of benzene rings is 1. The van der Waals surface area contributed by atoms with Crippen molar-refractivity contribution in [2.24, 2.45) is 0 Å². The van der Waals surface area contributed by atoms with Gasteiger partial charge in [0.25, 0.3) is 5.91 Å². The van der Waals surface area contributed by atoms with E-state index in [1.165, 1.54) is 0 Å². The summed E-state index contributed by atoms with van der Waals surface area (Å²) in [6.45, 7) is 0.430. The average molecular weight is 292 g/mol. The number of hydrogen-bond acceptors (Lipinski definition) is 5. The van der Waals surface area contributed by atoms with Gasteiger partial charge in [-0.1, -0.05) is 12.8 Å². The number of ether oxygens (including phenoxy) is 2. The van der Waals surface area contributed by atoms with Crippen LogP contribution >= 0.6 is 0 Å². The predicted molar refractivity (Wildman–Crippen MR) is 77.4 cm³/mol. The molecule has 1 fully saturated rings. The van der Waals surface area contributed by atoms with Crippen LogP contribution < -0.4 is 15.2 Å². The van der Waals surface area contributed by atoms with Gasteiger partial charge in [0.15, 0.2) is 11.5 Å². The van der Waals surface area contributed by atoms with Crippen LogP contribution in [0, 0.1) is 0 Å². The molecule has 0 atom stereocenters. The molecule has 21 heavy (non-hydrogen) atoms. The molecule has 2 aliphatic rings. The maximum Gasteiger partial charge on any atom is 0.256 e. The van der Waals surface area contributed by atoms with Crippen LogP contribution in [0.2, 0.25) is 0 Å². The number of fused-ring (bicyclic) bond motifs is 1. The smallest absolute Gasteiger partial charge is 0.256 e. The van der Waals surface area contributed by atoms with Crippen molar-refractivity contribution < 1.29 is 19.4 Å². The molecule has 1 aliphatic heterocycles. The molecule has 0 bridgehead atoms. The lowest BCUT2D eigenvalue weighted by atomic mass is 10.1. The van der Waals surface area contributed by atoms with Gasteiger partial charge in [-0.25, -0.2) is 0 Å². The molecule has 6 nitrogen and oxygen atoms in total. The molecule has 1 aliphatic carbocycles. The summed E-state index contributed by atoms with van der Waals surface area (Å²) in [5, 5.41) is 9.25. The van der Waals surface area contributed by atoms with Gasteiger partial charge in [0.1, 0.15) is 0 Å². The van der Waals surface area contributed by atoms with E-state index in [1.807, 2.05) is 0 Å². The molecule has 114 valence electrons. The van der Waals surface area contributed by atoms with E-state index in [0.29, 0.717) is 29.3 Å². The molecular weight excluding hydrogens is 272 g/mol. The Hall–Kier alpha value is -1.95. The highest BCUT2D eigenvalue weighted by Gasteiger charge is 2.29. The molecule has 0 aromatic heterocycles. The van der Waals surface area contributed by atoms with Crippen molar-refractivity contribution in [2.75, 3.05) is 25.7 Å². The van der Waals surface area contributed by atoms with Crippen molar-refractivity contribution in [3.63, 3.8) is 0 Å². The Morgan fingerprint density at radius 3 is 2.62 bits per heavy atom. The largest absolute Gasteiger partial charge is 0.454 e. The van der Waals surface area contributed by atoms with Crippen molar-refractivity contribution in [1.82, 2.24) is 4.90 Å². The summed E-state index contributed by atoms with van der Waals surface area (Å²) in [6, 6.07) is 3.45. The zero-order chi connectivity index (χ0) is 14.8. The number of nitrogens with two attached hydrogens (primary N) is 1. The van der Waals surface area contributed by atoms with Crippen LogP contribution in [0.15, 0.2) is 12.1 Å². The highest BCUT2D eigenvalue weighted by atomic mass is 16.7. The van der Waals surface area contributed by atoms with Gasteiger partial charge in [0.05, 0.1) is 12.2 Å². The Morgan fingerprint density at radius 2 is 1.95 bits per heavy atom. The summed E-state index contributed by atoms with van der Waals surface area (Å²) >= 11 is 0. The Labute approximate surface area is 123 Å². The minimum Gasteiger partial charge on any atom is -0.454 e. The first-order valence-corrected chi connectivity index (χ1v) is 7.31. The highest BCUT2D eigenvalue weighted by Crippen LogP contribution is 2.37. The van der Waals surface area contributed by atoms with E-state index in [2.05, 4.69) is 0 Å². The van der Waals surface area contributed by atoms with Gasteiger partial charge < -0.3 is 25.2 Å². The van der Waals surface area contributed by atoms with Gasteiger partial charge >= 0.3 is 0 Å². The monoisotopic (exact) mass is 292 g/mol. The van der Waals surface area contributed by atoms with Gasteiger partial charge in [0.2, 0.25) is 6.79 Å². The van der Waals surface area contributed by atoms with Gasteiger partial charge in [-0.15, -0.1) is 0 Å². The predicted octanol–water partition coefficient (Wildman–Crippen LogP) is 1.37. The summed E-state index contributed by atoms with van der Waals surface area (Å²) in [7, 11) is 0. The lowest BCUT2D eigenvalue weighted by Crippen LogP contribution is -2.41. The number of nitrogen functional groups attached to an aromatic ring is 1. The fraction of sp³-hybridized carbons (Fsp3) is 0.533. The van der Waals surface area contributed by atoms with E-state index >= 15 is 0 Å². The van der Waals surface area contributed by atoms with Gasteiger partial charge in [-0.05, 0) is 18.9 Å². The van der Waals surface area contributed by atoms with Crippen LogP contribution in [-0.2, 0) is 0 Å². The van der Waals surface area contributed by atoms with Crippen molar-refractivity contribution in [1.29, 1.82) is 0 Å². The molecule has 3 rings (SSSR count). The van der Waals surface area contributed by atoms with Crippen LogP contribution in [0.25, 0.3) is 0 Å². The lowest BCUT2D eigenvalue weighted by molar-refractivity contribution is 0.0638. The third-order valence-corrected chi connectivity index (χ3v) is 4.14. The number of amides is 1. The van der Waals surface area contributed by atoms with E-state index in [0.717, 1.165) is 25.7 Å². The number of anilines is 1. The summed E-state index contributed by atoms with van der Waals surface area (Å²) in [5.41, 5.74) is 6.78. The number of aliphatic hydroxyl groups is 1. The third-order valence-electron chi connectivity index (χ3n) is 4.14. The Kier molecular flexibility index (Phi) is 3.88.